The van der Waals surface area contributed by atoms with E-state index < -0.39 is 0 Å². The summed E-state index contributed by atoms with van der Waals surface area (Å²) in [4.78, 5) is 35.4. The molecular formula is C28H24N8O2S. The molecule has 1 fully saturated rings. The van der Waals surface area contributed by atoms with Crippen LogP contribution in [0.25, 0.3) is 55.3 Å². The fourth-order valence-corrected chi connectivity index (χ4v) is 5.76. The van der Waals surface area contributed by atoms with Crippen molar-refractivity contribution in [1.82, 2.24) is 40.4 Å². The topological polar surface area (TPSA) is 134 Å². The molecule has 0 spiro atoms. The number of piperidine rings is 1. The van der Waals surface area contributed by atoms with Crippen molar-refractivity contribution < 1.29 is 9.53 Å². The van der Waals surface area contributed by atoms with Crippen molar-refractivity contribution in [2.24, 2.45) is 0 Å². The third kappa shape index (κ3) is 4.45. The number of aromatic amines is 2. The van der Waals surface area contributed by atoms with E-state index in [-0.39, 0.29) is 11.9 Å². The molecule has 1 aliphatic heterocycles. The Bertz CT molecular complexity index is 1830. The lowest BCUT2D eigenvalue weighted by Crippen LogP contribution is -2.34. The molecule has 7 rings (SSSR count). The zero-order valence-corrected chi connectivity index (χ0v) is 21.9. The summed E-state index contributed by atoms with van der Waals surface area (Å²) in [7, 11) is 0. The summed E-state index contributed by atoms with van der Waals surface area (Å²) in [5.74, 6) is 1.37. The van der Waals surface area contributed by atoms with Crippen LogP contribution in [0.15, 0.2) is 55.1 Å². The van der Waals surface area contributed by atoms with Crippen LogP contribution < -0.4 is 10.1 Å². The van der Waals surface area contributed by atoms with E-state index in [1.54, 1.807) is 31.7 Å². The highest BCUT2D eigenvalue weighted by Gasteiger charge is 2.19. The van der Waals surface area contributed by atoms with Crippen molar-refractivity contribution in [1.29, 1.82) is 0 Å². The number of rotatable bonds is 6. The molecule has 6 aromatic rings. The van der Waals surface area contributed by atoms with E-state index in [0.29, 0.717) is 21.9 Å². The number of hydrogen-bond donors (Lipinski definition) is 3. The number of aromatic nitrogens is 7. The average Bonchev–Trinajstić information content (AvgIpc) is 3.71. The van der Waals surface area contributed by atoms with E-state index in [1.807, 2.05) is 30.3 Å². The van der Waals surface area contributed by atoms with Gasteiger partial charge in [-0.15, -0.1) is 11.3 Å². The van der Waals surface area contributed by atoms with E-state index in [2.05, 4.69) is 30.5 Å². The molecule has 1 aliphatic rings. The number of carbonyl (C=O) groups is 1. The molecule has 0 saturated carbocycles. The van der Waals surface area contributed by atoms with Crippen LogP contribution in [0.1, 0.15) is 29.4 Å². The first kappa shape index (κ1) is 23.6. The Labute approximate surface area is 226 Å². The van der Waals surface area contributed by atoms with E-state index >= 15 is 0 Å². The van der Waals surface area contributed by atoms with Crippen LogP contribution in [0.3, 0.4) is 0 Å². The summed E-state index contributed by atoms with van der Waals surface area (Å²) in [5, 5.41) is 11.0. The molecule has 0 atom stereocenters. The fraction of sp³-hybridized carbons (Fsp3) is 0.214. The quantitative estimate of drug-likeness (QED) is 0.253. The summed E-state index contributed by atoms with van der Waals surface area (Å²) >= 11 is 1.43. The molecular weight excluding hydrogens is 512 g/mol. The van der Waals surface area contributed by atoms with Crippen molar-refractivity contribution in [2.75, 3.05) is 13.1 Å². The molecule has 0 aliphatic carbocycles. The maximum absolute atomic E-state index is 11.8. The van der Waals surface area contributed by atoms with Gasteiger partial charge in [-0.3, -0.25) is 19.9 Å². The lowest BCUT2D eigenvalue weighted by atomic mass is 10.1. The van der Waals surface area contributed by atoms with Gasteiger partial charge in [0.25, 0.3) is 0 Å². The smallest absolute Gasteiger partial charge is 0.169 e. The SMILES string of the molecule is CC(=O)c1ccc(-c2cncc3[nH]c(-c4n[nH]c5ccc(-c6cncc(OC7CCNCC7)c6)nc45)nc23)s1. The van der Waals surface area contributed by atoms with Gasteiger partial charge in [0.05, 0.1) is 34.0 Å². The van der Waals surface area contributed by atoms with Gasteiger partial charge in [-0.25, -0.2) is 9.97 Å². The van der Waals surface area contributed by atoms with Gasteiger partial charge in [0, 0.05) is 28.4 Å². The van der Waals surface area contributed by atoms with Gasteiger partial charge in [-0.2, -0.15) is 5.10 Å². The Hall–Kier alpha value is -4.48. The van der Waals surface area contributed by atoms with Crippen LogP contribution in [0.2, 0.25) is 0 Å². The number of hydrogen-bond acceptors (Lipinski definition) is 9. The second-order valence-corrected chi connectivity index (χ2v) is 10.6. The standard InChI is InChI=1S/C28H24N8O2S/c1-15(37)23-4-5-24(39-23)19-13-31-14-22-25(19)34-28(33-22)27-26-21(35-36-27)3-2-20(32-26)16-10-18(12-30-11-16)38-17-6-8-29-9-7-17/h2-5,10-14,17,29H,6-9H2,1H3,(H,33,34)(H,35,36). The molecule has 0 amide bonds. The van der Waals surface area contributed by atoms with E-state index in [0.717, 1.165) is 69.9 Å². The summed E-state index contributed by atoms with van der Waals surface area (Å²) in [6.45, 7) is 3.50. The minimum absolute atomic E-state index is 0.0394. The normalized spacial score (nSPS) is 14.3. The molecule has 10 nitrogen and oxygen atoms in total. The number of ketones is 1. The second-order valence-electron chi connectivity index (χ2n) is 9.53. The van der Waals surface area contributed by atoms with Crippen LogP contribution in [-0.2, 0) is 0 Å². The van der Waals surface area contributed by atoms with Crippen LogP contribution in [-0.4, -0.2) is 60.1 Å². The number of nitrogens with one attached hydrogen (secondary N) is 3. The van der Waals surface area contributed by atoms with E-state index in [4.69, 9.17) is 14.7 Å². The Morgan fingerprint density at radius 2 is 1.85 bits per heavy atom. The summed E-state index contributed by atoms with van der Waals surface area (Å²) in [6.07, 6.45) is 9.20. The Kier molecular flexibility index (Phi) is 5.86. The third-order valence-corrected chi connectivity index (χ3v) is 8.06. The molecule has 0 bridgehead atoms. The zero-order chi connectivity index (χ0) is 26.3. The van der Waals surface area contributed by atoms with Gasteiger partial charge in [0.2, 0.25) is 0 Å². The number of Topliss-reactive ketones (excluding diaryl/α,β-unsaturated/α-hetero) is 1. The predicted molar refractivity (Wildman–Crippen MR) is 150 cm³/mol. The highest BCUT2D eigenvalue weighted by molar-refractivity contribution is 7.17. The molecule has 0 aromatic carbocycles. The number of fused-ring (bicyclic) bond motifs is 2. The van der Waals surface area contributed by atoms with Gasteiger partial charge >= 0.3 is 0 Å². The van der Waals surface area contributed by atoms with Crippen LogP contribution in [0, 0.1) is 0 Å². The monoisotopic (exact) mass is 536 g/mol. The highest BCUT2D eigenvalue weighted by Crippen LogP contribution is 2.34. The Morgan fingerprint density at radius 3 is 2.69 bits per heavy atom. The maximum Gasteiger partial charge on any atom is 0.169 e. The second kappa shape index (κ2) is 9.68. The minimum Gasteiger partial charge on any atom is -0.489 e. The molecule has 1 saturated heterocycles. The summed E-state index contributed by atoms with van der Waals surface area (Å²) < 4.78 is 6.19. The first-order valence-corrected chi connectivity index (χ1v) is 13.6. The lowest BCUT2D eigenvalue weighted by Gasteiger charge is -2.23. The first-order valence-electron chi connectivity index (χ1n) is 12.8. The zero-order valence-electron chi connectivity index (χ0n) is 21.1. The third-order valence-electron chi connectivity index (χ3n) is 6.84. The van der Waals surface area contributed by atoms with Crippen molar-refractivity contribution in [3.63, 3.8) is 0 Å². The first-order chi connectivity index (χ1) is 19.1. The van der Waals surface area contributed by atoms with Gasteiger partial charge in [-0.1, -0.05) is 0 Å². The van der Waals surface area contributed by atoms with Crippen molar-refractivity contribution in [3.05, 3.63) is 60.0 Å². The number of pyridine rings is 3. The maximum atomic E-state index is 11.8. The molecule has 39 heavy (non-hydrogen) atoms. The number of nitrogens with zero attached hydrogens (tertiary/aromatic N) is 5. The minimum atomic E-state index is 0.0394. The number of ether oxygens (including phenoxy) is 1. The molecule has 3 N–H and O–H groups in total. The summed E-state index contributed by atoms with van der Waals surface area (Å²) in [5.41, 5.74) is 6.13. The predicted octanol–water partition coefficient (Wildman–Crippen LogP) is 5.02. The van der Waals surface area contributed by atoms with Gasteiger partial charge in [-0.05, 0) is 63.2 Å². The molecule has 0 unspecified atom stereocenters. The van der Waals surface area contributed by atoms with Crippen molar-refractivity contribution in [3.8, 4) is 39.0 Å². The van der Waals surface area contributed by atoms with Crippen molar-refractivity contribution in [2.45, 2.75) is 25.9 Å². The number of thiophene rings is 1. The largest absolute Gasteiger partial charge is 0.489 e. The van der Waals surface area contributed by atoms with Crippen LogP contribution >= 0.6 is 11.3 Å². The van der Waals surface area contributed by atoms with E-state index in [1.165, 1.54) is 11.3 Å². The lowest BCUT2D eigenvalue weighted by molar-refractivity contribution is 0.102. The molecule has 6 aromatic heterocycles. The highest BCUT2D eigenvalue weighted by atomic mass is 32.1. The number of H-pyrrole nitrogens is 2. The number of imidazole rings is 1. The Balaban J connectivity index is 1.25. The van der Waals surface area contributed by atoms with E-state index in [9.17, 15) is 4.79 Å². The summed E-state index contributed by atoms with van der Waals surface area (Å²) in [6, 6.07) is 9.65. The van der Waals surface area contributed by atoms with Crippen LogP contribution in [0.4, 0.5) is 0 Å². The van der Waals surface area contributed by atoms with Crippen LogP contribution in [0.5, 0.6) is 5.75 Å². The number of carbonyl (C=O) groups excluding carboxylic acids is 1. The van der Waals surface area contributed by atoms with Gasteiger partial charge in [0.1, 0.15) is 22.9 Å². The fourth-order valence-electron chi connectivity index (χ4n) is 4.85. The molecule has 11 heteroatoms. The average molecular weight is 537 g/mol. The Morgan fingerprint density at radius 1 is 0.974 bits per heavy atom. The van der Waals surface area contributed by atoms with Gasteiger partial charge < -0.3 is 15.0 Å². The van der Waals surface area contributed by atoms with Crippen molar-refractivity contribution >= 4 is 39.2 Å². The molecule has 0 radical (unpaired) electrons. The molecule has 7 heterocycles. The van der Waals surface area contributed by atoms with Gasteiger partial charge in [0.15, 0.2) is 17.3 Å². The molecule has 194 valence electrons.